The summed E-state index contributed by atoms with van der Waals surface area (Å²) in [6, 6.07) is 10.3. The van der Waals surface area contributed by atoms with Crippen LogP contribution in [0.15, 0.2) is 42.7 Å². The van der Waals surface area contributed by atoms with Gasteiger partial charge in [-0.1, -0.05) is 18.2 Å². The van der Waals surface area contributed by atoms with E-state index in [4.69, 9.17) is 4.74 Å². The topological polar surface area (TPSA) is 89.6 Å². The quantitative estimate of drug-likeness (QED) is 0.278. The number of fused-ring (bicyclic) bond motifs is 4. The maximum Gasteiger partial charge on any atom is 0.291 e. The van der Waals surface area contributed by atoms with Crippen molar-refractivity contribution in [3.8, 4) is 0 Å². The summed E-state index contributed by atoms with van der Waals surface area (Å²) < 4.78 is 7.61. The number of nitrogens with one attached hydrogen (secondary N) is 1. The number of pyridine rings is 1. The second kappa shape index (κ2) is 7.59. The zero-order valence-electron chi connectivity index (χ0n) is 17.0. The van der Waals surface area contributed by atoms with Crippen LogP contribution in [0.2, 0.25) is 0 Å². The highest BCUT2D eigenvalue weighted by Gasteiger charge is 2.46. The van der Waals surface area contributed by atoms with Crippen molar-refractivity contribution in [3.63, 3.8) is 0 Å². The number of aromatic amines is 1. The summed E-state index contributed by atoms with van der Waals surface area (Å²) in [4.78, 5) is 3.55. The molecular weight excluding hydrogens is 448 g/mol. The number of nitrogens with zero attached hydrogens (tertiary/aromatic N) is 1. The molecule has 0 bridgehead atoms. The van der Waals surface area contributed by atoms with E-state index >= 15 is 0 Å². The van der Waals surface area contributed by atoms with E-state index in [0.29, 0.717) is 0 Å². The van der Waals surface area contributed by atoms with Crippen molar-refractivity contribution < 1.29 is 41.6 Å². The molecule has 5 atom stereocenters. The van der Waals surface area contributed by atoms with Gasteiger partial charge in [0, 0.05) is 27.7 Å². The molecule has 2 aromatic heterocycles. The van der Waals surface area contributed by atoms with Crippen LogP contribution in [0.3, 0.4) is 0 Å². The summed E-state index contributed by atoms with van der Waals surface area (Å²) in [6.07, 6.45) is -1.13. The van der Waals surface area contributed by atoms with Gasteiger partial charge in [-0.2, -0.15) is 4.57 Å². The molecule has 0 aliphatic carbocycles. The third kappa shape index (κ3) is 2.96. The standard InChI is InChI=1S/C23H24N2O4.BrH/c1-11-16-10-25(23-22(28)21(27)20(26)13(3)29-23)9-8-14(16)12(2)19-18(11)15-6-4-5-7-17(15)24-19;/h4-10,13,20-23,26-28H,1-3H3;1H/t13-,20-,21+,22+,23?;/m0./s1. The monoisotopic (exact) mass is 472 g/mol. The first-order valence-corrected chi connectivity index (χ1v) is 9.92. The van der Waals surface area contributed by atoms with Gasteiger partial charge in [0.25, 0.3) is 6.23 Å². The Morgan fingerprint density at radius 3 is 2.40 bits per heavy atom. The number of para-hydroxylation sites is 1. The van der Waals surface area contributed by atoms with Crippen LogP contribution in [0, 0.1) is 13.8 Å². The number of H-pyrrole nitrogens is 1. The largest absolute Gasteiger partial charge is 1.00 e. The van der Waals surface area contributed by atoms with Crippen molar-refractivity contribution in [3.05, 3.63) is 53.9 Å². The van der Waals surface area contributed by atoms with E-state index in [9.17, 15) is 15.3 Å². The number of benzene rings is 2. The molecule has 30 heavy (non-hydrogen) atoms. The fourth-order valence-corrected chi connectivity index (χ4v) is 4.65. The fraction of sp³-hybridized carbons (Fsp3) is 0.348. The van der Waals surface area contributed by atoms with Crippen molar-refractivity contribution in [2.24, 2.45) is 0 Å². The lowest BCUT2D eigenvalue weighted by Gasteiger charge is -2.36. The first kappa shape index (κ1) is 21.2. The minimum absolute atomic E-state index is 0. The lowest BCUT2D eigenvalue weighted by atomic mass is 9.96. The van der Waals surface area contributed by atoms with E-state index in [1.54, 1.807) is 11.5 Å². The second-order valence-corrected chi connectivity index (χ2v) is 8.09. The average molecular weight is 473 g/mol. The van der Waals surface area contributed by atoms with Crippen LogP contribution in [0.4, 0.5) is 0 Å². The van der Waals surface area contributed by atoms with Crippen molar-refractivity contribution in [2.45, 2.75) is 51.4 Å². The van der Waals surface area contributed by atoms with E-state index in [-0.39, 0.29) is 17.0 Å². The van der Waals surface area contributed by atoms with E-state index in [1.165, 1.54) is 10.8 Å². The summed E-state index contributed by atoms with van der Waals surface area (Å²) in [5.74, 6) is 0. The van der Waals surface area contributed by atoms with Gasteiger partial charge in [0.05, 0.1) is 11.6 Å². The molecule has 1 saturated heterocycles. The SMILES string of the molecule is Cc1c2cc[n+](C3O[C@@H](C)[C@H](O)[C@@H](O)[C@H]3O)cc2c(C)c2c1[nH]c1ccccc12.[Br-]. The van der Waals surface area contributed by atoms with Crippen molar-refractivity contribution in [1.29, 1.82) is 0 Å². The number of aromatic nitrogens is 2. The molecule has 4 aromatic rings. The molecule has 3 heterocycles. The van der Waals surface area contributed by atoms with Gasteiger partial charge in [-0.15, -0.1) is 0 Å². The van der Waals surface area contributed by atoms with Crippen molar-refractivity contribution in [2.75, 3.05) is 0 Å². The molecule has 158 valence electrons. The maximum atomic E-state index is 10.5. The van der Waals surface area contributed by atoms with Gasteiger partial charge >= 0.3 is 0 Å². The van der Waals surface area contributed by atoms with Crippen molar-refractivity contribution in [1.82, 2.24) is 4.98 Å². The van der Waals surface area contributed by atoms with Crippen LogP contribution >= 0.6 is 0 Å². The third-order valence-electron chi connectivity index (χ3n) is 6.37. The fourth-order valence-electron chi connectivity index (χ4n) is 4.65. The number of aryl methyl sites for hydroxylation is 2. The molecule has 0 spiro atoms. The molecule has 6 nitrogen and oxygen atoms in total. The van der Waals surface area contributed by atoms with Crippen LogP contribution in [0.5, 0.6) is 0 Å². The molecule has 1 aliphatic rings. The van der Waals surface area contributed by atoms with Crippen LogP contribution in [-0.4, -0.2) is 44.7 Å². The van der Waals surface area contributed by atoms with Crippen LogP contribution in [-0.2, 0) is 4.74 Å². The minimum Gasteiger partial charge on any atom is -1.00 e. The maximum absolute atomic E-state index is 10.5. The number of aliphatic hydroxyl groups excluding tert-OH is 3. The normalized spacial score (nSPS) is 26.9. The Kier molecular flexibility index (Phi) is 5.36. The highest BCUT2D eigenvalue weighted by atomic mass is 79.9. The number of hydrogen-bond donors (Lipinski definition) is 4. The molecule has 1 fully saturated rings. The predicted molar refractivity (Wildman–Crippen MR) is 111 cm³/mol. The van der Waals surface area contributed by atoms with Gasteiger partial charge in [0.15, 0.2) is 18.5 Å². The number of hydrogen-bond acceptors (Lipinski definition) is 4. The summed E-state index contributed by atoms with van der Waals surface area (Å²) in [6.45, 7) is 5.91. The Bertz CT molecular complexity index is 1250. The molecular formula is C23H25BrN2O4. The molecule has 0 saturated carbocycles. The first-order chi connectivity index (χ1) is 13.9. The Hall–Kier alpha value is -2.03. The lowest BCUT2D eigenvalue weighted by Crippen LogP contribution is -3.00. The Morgan fingerprint density at radius 1 is 0.900 bits per heavy atom. The highest BCUT2D eigenvalue weighted by Crippen LogP contribution is 2.36. The first-order valence-electron chi connectivity index (χ1n) is 9.92. The van der Waals surface area contributed by atoms with Crippen LogP contribution < -0.4 is 21.5 Å². The zero-order chi connectivity index (χ0) is 20.4. The van der Waals surface area contributed by atoms with Gasteiger partial charge < -0.3 is 42.0 Å². The number of aliphatic hydroxyl groups is 3. The Morgan fingerprint density at radius 2 is 1.63 bits per heavy atom. The molecule has 0 amide bonds. The molecule has 2 aromatic carbocycles. The van der Waals surface area contributed by atoms with Gasteiger partial charge in [0.2, 0.25) is 0 Å². The third-order valence-corrected chi connectivity index (χ3v) is 6.37. The van der Waals surface area contributed by atoms with E-state index in [0.717, 1.165) is 32.9 Å². The second-order valence-electron chi connectivity index (χ2n) is 8.09. The summed E-state index contributed by atoms with van der Waals surface area (Å²) in [5, 5.41) is 35.2. The zero-order valence-corrected chi connectivity index (χ0v) is 18.6. The summed E-state index contributed by atoms with van der Waals surface area (Å²) in [7, 11) is 0. The van der Waals surface area contributed by atoms with E-state index < -0.39 is 30.6 Å². The van der Waals surface area contributed by atoms with E-state index in [1.807, 2.05) is 30.6 Å². The average Bonchev–Trinajstić information content (AvgIpc) is 3.13. The van der Waals surface area contributed by atoms with Gasteiger partial charge in [-0.25, -0.2) is 0 Å². The smallest absolute Gasteiger partial charge is 0.291 e. The summed E-state index contributed by atoms with van der Waals surface area (Å²) in [5.41, 5.74) is 4.55. The molecule has 1 unspecified atom stereocenters. The van der Waals surface area contributed by atoms with Crippen LogP contribution in [0.1, 0.15) is 24.3 Å². The predicted octanol–water partition coefficient (Wildman–Crippen LogP) is -0.617. The van der Waals surface area contributed by atoms with Gasteiger partial charge in [0.1, 0.15) is 12.2 Å². The summed E-state index contributed by atoms with van der Waals surface area (Å²) >= 11 is 0. The molecule has 0 radical (unpaired) electrons. The minimum atomic E-state index is -1.26. The van der Waals surface area contributed by atoms with Gasteiger partial charge in [-0.05, 0) is 43.4 Å². The lowest BCUT2D eigenvalue weighted by molar-refractivity contribution is -0.776. The van der Waals surface area contributed by atoms with Crippen LogP contribution in [0.25, 0.3) is 32.6 Å². The Labute approximate surface area is 184 Å². The van der Waals surface area contributed by atoms with Gasteiger partial charge in [-0.3, -0.25) is 0 Å². The van der Waals surface area contributed by atoms with Crippen molar-refractivity contribution >= 4 is 32.6 Å². The van der Waals surface area contributed by atoms with E-state index in [2.05, 4.69) is 31.0 Å². The molecule has 4 N–H and O–H groups in total. The molecule has 7 heteroatoms. The molecule has 1 aliphatic heterocycles. The number of halogens is 1. The molecule has 5 rings (SSSR count). The Balaban J connectivity index is 0.00000218. The number of rotatable bonds is 1. The highest BCUT2D eigenvalue weighted by molar-refractivity contribution is 6.16. The number of ether oxygens (including phenoxy) is 1.